The van der Waals surface area contributed by atoms with E-state index in [1.54, 1.807) is 0 Å². The zero-order chi connectivity index (χ0) is 73.4. The molecule has 0 unspecified atom stereocenters. The third-order valence-corrected chi connectivity index (χ3v) is 18.7. The van der Waals surface area contributed by atoms with E-state index in [1.807, 2.05) is 0 Å². The van der Waals surface area contributed by atoms with Gasteiger partial charge in [0.25, 0.3) is 0 Å². The van der Waals surface area contributed by atoms with Gasteiger partial charge in [-0.05, 0) is 0 Å². The molecule has 9 rings (SSSR count). The van der Waals surface area contributed by atoms with Gasteiger partial charge in [0.05, 0.1) is 59.5 Å². The molecule has 0 radical (unpaired) electrons. The predicted octanol–water partition coefficient (Wildman–Crippen LogP) is -20.6. The summed E-state index contributed by atoms with van der Waals surface area (Å²) in [4.78, 5) is 0. The van der Waals surface area contributed by atoms with Gasteiger partial charge in [-0.15, -0.1) is 0 Å². The van der Waals surface area contributed by atoms with Gasteiger partial charge in [-0.3, -0.25) is 0 Å². The summed E-state index contributed by atoms with van der Waals surface area (Å²) < 4.78 is 97.2. The van der Waals surface area contributed by atoms with Crippen LogP contribution in [0.3, 0.4) is 0 Å². The van der Waals surface area contributed by atoms with Crippen molar-refractivity contribution in [2.45, 2.75) is 276 Å². The highest BCUT2D eigenvalue weighted by molar-refractivity contribution is 5.02. The normalized spacial score (nSPS) is 53.7. The van der Waals surface area contributed by atoms with Crippen LogP contribution in [0.25, 0.3) is 0 Å². The number of ether oxygens (including phenoxy) is 17. The monoisotopic (exact) mass is 1480 g/mol. The van der Waals surface area contributed by atoms with Gasteiger partial charge in [-0.25, -0.2) is 0 Å². The number of aliphatic hydroxyl groups is 29. The minimum absolute atomic E-state index is 0.951. The summed E-state index contributed by atoms with van der Waals surface area (Å²) in [6, 6.07) is 0. The van der Waals surface area contributed by atoms with Crippen molar-refractivity contribution in [3.63, 3.8) is 0 Å². The lowest BCUT2D eigenvalue weighted by Crippen LogP contribution is -2.68. The second-order valence-corrected chi connectivity index (χ2v) is 25.3. The van der Waals surface area contributed by atoms with Crippen molar-refractivity contribution in [2.75, 3.05) is 59.5 Å². The van der Waals surface area contributed by atoms with E-state index in [-0.39, 0.29) is 0 Å². The lowest BCUT2D eigenvalue weighted by Gasteiger charge is -2.49. The molecule has 0 bridgehead atoms. The summed E-state index contributed by atoms with van der Waals surface area (Å²) in [5.41, 5.74) is 0. The molecule has 46 heteroatoms. The molecule has 0 aromatic rings. The third kappa shape index (κ3) is 17.0. The van der Waals surface area contributed by atoms with Gasteiger partial charge in [0.15, 0.2) is 56.6 Å². The summed E-state index contributed by atoms with van der Waals surface area (Å²) >= 11 is 0. The van der Waals surface area contributed by atoms with E-state index in [1.165, 1.54) is 0 Å². The van der Waals surface area contributed by atoms with Crippen molar-refractivity contribution < 1.29 is 229 Å². The Labute approximate surface area is 563 Å². The molecule has 584 valence electrons. The fraction of sp³-hybridized carbons (Fsp3) is 1.00. The molecule has 29 N–H and O–H groups in total. The standard InChI is InChI=1S/C54H92O46/c55-1-10-19(62)28(71)37(80)47(87-10)96-41-32(75)22(65)13(4-58)90-50(41)85-9-18-27(70)36(79)42(99-53-43(33(76)23(66)15(6-60)92-53)97-48-38(81)29(72)20(63)11(2-56)88-48)51(94-18)84-8-17-26(69)31(74)40(46(83)86-17)95-52-45(35(78)25(68)14(5-59)91-52)100-54-44(34(77)24(67)16(7-61)93-54)98-49-39(82)30(73)21(64)12(3-57)89-49/h10-83H,1-9H2/t10-,11-,12-,13-,14-,15-,16-,17-,18-,19-,20-,21-,22-,23-,24-,25-,26-,27-,28+,29+,30+,31+,32+,33+,34+,35+,36+,37+,38+,39+,40+,41+,42+,43+,44+,45+,46+,47-,48-,49-,50+,51+,52-,53-,54-/m1/s1. The summed E-state index contributed by atoms with van der Waals surface area (Å²) in [5.74, 6) is 0. The van der Waals surface area contributed by atoms with E-state index >= 15 is 0 Å². The molecular weight excluding hydrogens is 1380 g/mol. The molecule has 45 atom stereocenters. The lowest BCUT2D eigenvalue weighted by molar-refractivity contribution is -0.407. The molecule has 9 aliphatic rings. The largest absolute Gasteiger partial charge is 0.394 e. The Hall–Kier alpha value is -1.84. The molecule has 0 amide bonds. The second kappa shape index (κ2) is 35.5. The van der Waals surface area contributed by atoms with Crippen LogP contribution in [0.2, 0.25) is 0 Å². The fourth-order valence-corrected chi connectivity index (χ4v) is 12.6. The van der Waals surface area contributed by atoms with E-state index in [2.05, 4.69) is 0 Å². The van der Waals surface area contributed by atoms with E-state index < -0.39 is 336 Å². The zero-order valence-electron chi connectivity index (χ0n) is 52.3. The van der Waals surface area contributed by atoms with Gasteiger partial charge >= 0.3 is 0 Å². The lowest BCUT2D eigenvalue weighted by atomic mass is 9.96. The Morgan fingerprint density at radius 1 is 0.170 bits per heavy atom. The first-order valence-corrected chi connectivity index (χ1v) is 31.7. The molecule has 9 heterocycles. The smallest absolute Gasteiger partial charge is 0.187 e. The maximum atomic E-state index is 12.1. The molecular formula is C54H92O46. The van der Waals surface area contributed by atoms with E-state index in [9.17, 15) is 148 Å². The first kappa shape index (κ1) is 82.2. The topological polar surface area (TPSA) is 744 Å². The number of aliphatic hydroxyl groups excluding tert-OH is 29. The summed E-state index contributed by atoms with van der Waals surface area (Å²) in [5, 5.41) is 313. The minimum Gasteiger partial charge on any atom is -0.394 e. The Bertz CT molecular complexity index is 2450. The average Bonchev–Trinajstić information content (AvgIpc) is 0.776. The van der Waals surface area contributed by atoms with Crippen molar-refractivity contribution in [3.05, 3.63) is 0 Å². The molecule has 0 aromatic heterocycles. The maximum Gasteiger partial charge on any atom is 0.187 e. The van der Waals surface area contributed by atoms with Crippen LogP contribution in [0.4, 0.5) is 0 Å². The average molecular weight is 1480 g/mol. The highest BCUT2D eigenvalue weighted by atomic mass is 16.8. The molecule has 9 saturated heterocycles. The van der Waals surface area contributed by atoms with Crippen LogP contribution in [0, 0.1) is 0 Å². The summed E-state index contributed by atoms with van der Waals surface area (Å²) in [7, 11) is 0. The molecule has 9 aliphatic heterocycles. The summed E-state index contributed by atoms with van der Waals surface area (Å²) in [6.45, 7) is -9.39. The van der Waals surface area contributed by atoms with Crippen LogP contribution < -0.4 is 0 Å². The zero-order valence-corrected chi connectivity index (χ0v) is 52.3. The first-order valence-electron chi connectivity index (χ1n) is 31.7. The van der Waals surface area contributed by atoms with Crippen molar-refractivity contribution >= 4 is 0 Å². The van der Waals surface area contributed by atoms with Gasteiger partial charge in [0.2, 0.25) is 0 Å². The molecule has 46 nitrogen and oxygen atoms in total. The molecule has 0 aliphatic carbocycles. The summed E-state index contributed by atoms with van der Waals surface area (Å²) in [6.07, 6.45) is -93.9. The van der Waals surface area contributed by atoms with Crippen LogP contribution in [0.5, 0.6) is 0 Å². The maximum absolute atomic E-state index is 12.1. The number of hydrogen-bond acceptors (Lipinski definition) is 46. The van der Waals surface area contributed by atoms with Crippen LogP contribution in [0.15, 0.2) is 0 Å². The molecule has 0 aromatic carbocycles. The van der Waals surface area contributed by atoms with Gasteiger partial charge in [0, 0.05) is 0 Å². The quantitative estimate of drug-likeness (QED) is 0.0404. The fourth-order valence-electron chi connectivity index (χ4n) is 12.6. The van der Waals surface area contributed by atoms with Crippen molar-refractivity contribution in [3.8, 4) is 0 Å². The van der Waals surface area contributed by atoms with Gasteiger partial charge in [-0.2, -0.15) is 0 Å². The van der Waals surface area contributed by atoms with Crippen LogP contribution in [0.1, 0.15) is 0 Å². The van der Waals surface area contributed by atoms with E-state index in [4.69, 9.17) is 80.5 Å². The molecule has 100 heavy (non-hydrogen) atoms. The van der Waals surface area contributed by atoms with Gasteiger partial charge in [-0.1, -0.05) is 0 Å². The van der Waals surface area contributed by atoms with Gasteiger partial charge < -0.3 is 229 Å². The Morgan fingerprint density at radius 3 is 0.620 bits per heavy atom. The Kier molecular flexibility index (Phi) is 29.2. The van der Waals surface area contributed by atoms with E-state index in [0.717, 1.165) is 0 Å². The van der Waals surface area contributed by atoms with E-state index in [0.29, 0.717) is 0 Å². The Morgan fingerprint density at radius 2 is 0.350 bits per heavy atom. The molecule has 9 fully saturated rings. The van der Waals surface area contributed by atoms with Gasteiger partial charge in [0.1, 0.15) is 220 Å². The minimum atomic E-state index is -2.49. The second-order valence-electron chi connectivity index (χ2n) is 25.3. The van der Waals surface area contributed by atoms with Crippen LogP contribution in [-0.4, -0.2) is 484 Å². The first-order chi connectivity index (χ1) is 47.4. The SMILES string of the molecule is OC[C@H]1O[C@H](O[C@@H]2[C@@H](OC[C@H]3O[C@H](OC[C@H]4O[C@H](O)[C@@H](O[C@H]5O[C@H](CO)[C@@H](O)[C@H](O)[C@@H]5O[C@H]5O[C@H](CO)[C@@H](O)[C@H](O)[C@@H]5O[C@H]5O[C@H](CO)[C@@H](O)[C@H](O)[C@@H]5O)[C@@H](O)[C@@H]4O)[C@@H](O[C@H]4O[C@H](CO)[C@@H](O)[C@H](O)[C@@H]4O[C@H]4O[C@H](CO)[C@@H](O)[C@H](O)[C@@H]4O)[C@@H](O)[C@@H]3O)O[C@H](CO)[C@@H](O)[C@@H]2O)[C@@H](O)[C@@H](O)[C@@H]1O. The van der Waals surface area contributed by atoms with Crippen molar-refractivity contribution in [1.82, 2.24) is 0 Å². The number of hydrogen-bond donors (Lipinski definition) is 29. The van der Waals surface area contributed by atoms with Crippen molar-refractivity contribution in [2.24, 2.45) is 0 Å². The third-order valence-electron chi connectivity index (χ3n) is 18.7. The predicted molar refractivity (Wildman–Crippen MR) is 297 cm³/mol. The molecule has 0 spiro atoms. The highest BCUT2D eigenvalue weighted by Gasteiger charge is 2.60. The van der Waals surface area contributed by atoms with Crippen LogP contribution >= 0.6 is 0 Å². The Balaban J connectivity index is 0.965. The van der Waals surface area contributed by atoms with Crippen molar-refractivity contribution in [1.29, 1.82) is 0 Å². The molecule has 0 saturated carbocycles. The van der Waals surface area contributed by atoms with Crippen LogP contribution in [-0.2, 0) is 80.5 Å². The number of rotatable bonds is 25. The highest BCUT2D eigenvalue weighted by Crippen LogP contribution is 2.39.